The van der Waals surface area contributed by atoms with Crippen molar-refractivity contribution in [1.82, 2.24) is 39.7 Å². The van der Waals surface area contributed by atoms with Crippen LogP contribution in [0.3, 0.4) is 0 Å². The molecule has 9 nitrogen and oxygen atoms in total. The van der Waals surface area contributed by atoms with Crippen LogP contribution < -0.4 is 5.32 Å². The first kappa shape index (κ1) is 12.2. The molecule has 0 saturated heterocycles. The van der Waals surface area contributed by atoms with Gasteiger partial charge in [0.25, 0.3) is 5.95 Å². The summed E-state index contributed by atoms with van der Waals surface area (Å²) in [4.78, 5) is 13.1. The van der Waals surface area contributed by atoms with E-state index in [1.807, 2.05) is 13.0 Å². The lowest BCUT2D eigenvalue weighted by atomic mass is 10.4. The van der Waals surface area contributed by atoms with E-state index in [1.54, 1.807) is 35.0 Å². The zero-order chi connectivity index (χ0) is 13.9. The second kappa shape index (κ2) is 5.03. The fourth-order valence-corrected chi connectivity index (χ4v) is 1.70. The van der Waals surface area contributed by atoms with Crippen LogP contribution >= 0.6 is 0 Å². The fraction of sp³-hybridized carbons (Fsp3) is 0.273. The third-order valence-electron chi connectivity index (χ3n) is 2.61. The van der Waals surface area contributed by atoms with Crippen LogP contribution in [0.1, 0.15) is 6.92 Å². The number of hydrogen-bond donors (Lipinski definition) is 1. The van der Waals surface area contributed by atoms with Gasteiger partial charge in [0.15, 0.2) is 5.82 Å². The SMILES string of the molecule is CCNc1nc(-c2cnnn2C)nc(-n2cccn2)n1. The lowest BCUT2D eigenvalue weighted by Crippen LogP contribution is -2.11. The van der Waals surface area contributed by atoms with Crippen molar-refractivity contribution in [2.45, 2.75) is 6.92 Å². The highest BCUT2D eigenvalue weighted by atomic mass is 15.4. The Morgan fingerprint density at radius 2 is 2.15 bits per heavy atom. The zero-order valence-electron chi connectivity index (χ0n) is 11.1. The number of anilines is 1. The van der Waals surface area contributed by atoms with Crippen LogP contribution in [-0.2, 0) is 7.05 Å². The van der Waals surface area contributed by atoms with E-state index in [0.29, 0.717) is 30.0 Å². The number of aryl methyl sites for hydroxylation is 1. The molecular weight excluding hydrogens is 258 g/mol. The summed E-state index contributed by atoms with van der Waals surface area (Å²) in [5.74, 6) is 1.43. The Bertz CT molecular complexity index is 701. The predicted molar refractivity (Wildman–Crippen MR) is 71.1 cm³/mol. The average Bonchev–Trinajstić information content (AvgIpc) is 3.09. The highest BCUT2D eigenvalue weighted by Gasteiger charge is 2.13. The molecule has 1 N–H and O–H groups in total. The van der Waals surface area contributed by atoms with Crippen LogP contribution in [0.25, 0.3) is 17.5 Å². The van der Waals surface area contributed by atoms with Gasteiger partial charge in [0, 0.05) is 26.0 Å². The number of nitrogens with one attached hydrogen (secondary N) is 1. The minimum absolute atomic E-state index is 0.442. The molecule has 3 aromatic heterocycles. The van der Waals surface area contributed by atoms with Crippen molar-refractivity contribution in [2.24, 2.45) is 7.05 Å². The first-order valence-electron chi connectivity index (χ1n) is 6.13. The Morgan fingerprint density at radius 1 is 1.25 bits per heavy atom. The fourth-order valence-electron chi connectivity index (χ4n) is 1.70. The Hall–Kier alpha value is -2.84. The van der Waals surface area contributed by atoms with Crippen LogP contribution in [0.4, 0.5) is 5.95 Å². The third kappa shape index (κ3) is 2.20. The first-order valence-corrected chi connectivity index (χ1v) is 6.13. The molecule has 0 fully saturated rings. The lowest BCUT2D eigenvalue weighted by Gasteiger charge is -2.07. The summed E-state index contributed by atoms with van der Waals surface area (Å²) in [5.41, 5.74) is 0.708. The minimum Gasteiger partial charge on any atom is -0.354 e. The predicted octanol–water partition coefficient (Wildman–Crippen LogP) is 0.285. The summed E-state index contributed by atoms with van der Waals surface area (Å²) in [6.07, 6.45) is 5.05. The molecule has 3 heterocycles. The Morgan fingerprint density at radius 3 is 2.80 bits per heavy atom. The first-order chi connectivity index (χ1) is 9.78. The van der Waals surface area contributed by atoms with Crippen LogP contribution in [-0.4, -0.2) is 46.3 Å². The van der Waals surface area contributed by atoms with Gasteiger partial charge in [0.1, 0.15) is 5.69 Å². The van der Waals surface area contributed by atoms with Crippen LogP contribution in [0.2, 0.25) is 0 Å². The van der Waals surface area contributed by atoms with E-state index >= 15 is 0 Å². The van der Waals surface area contributed by atoms with Crippen LogP contribution in [0.15, 0.2) is 24.7 Å². The Balaban J connectivity index is 2.12. The zero-order valence-corrected chi connectivity index (χ0v) is 11.1. The van der Waals surface area contributed by atoms with Crippen LogP contribution in [0, 0.1) is 0 Å². The molecular formula is C11H13N9. The molecule has 0 spiro atoms. The smallest absolute Gasteiger partial charge is 0.255 e. The average molecular weight is 271 g/mol. The van der Waals surface area contributed by atoms with Crippen molar-refractivity contribution < 1.29 is 0 Å². The van der Waals surface area contributed by atoms with E-state index in [4.69, 9.17) is 0 Å². The molecule has 20 heavy (non-hydrogen) atoms. The van der Waals surface area contributed by atoms with Crippen LogP contribution in [0.5, 0.6) is 0 Å². The molecule has 0 amide bonds. The maximum atomic E-state index is 4.40. The van der Waals surface area contributed by atoms with Crippen molar-refractivity contribution in [1.29, 1.82) is 0 Å². The van der Waals surface area contributed by atoms with E-state index in [-0.39, 0.29) is 0 Å². The van der Waals surface area contributed by atoms with E-state index in [1.165, 1.54) is 0 Å². The number of hydrogen-bond acceptors (Lipinski definition) is 7. The summed E-state index contributed by atoms with van der Waals surface area (Å²) >= 11 is 0. The molecule has 3 aromatic rings. The molecule has 0 unspecified atom stereocenters. The highest BCUT2D eigenvalue weighted by molar-refractivity contribution is 5.50. The largest absolute Gasteiger partial charge is 0.354 e. The highest BCUT2D eigenvalue weighted by Crippen LogP contribution is 2.15. The molecule has 9 heteroatoms. The second-order valence-electron chi connectivity index (χ2n) is 4.01. The van der Waals surface area contributed by atoms with E-state index < -0.39 is 0 Å². The summed E-state index contributed by atoms with van der Waals surface area (Å²) in [6, 6.07) is 1.81. The van der Waals surface area contributed by atoms with Crippen molar-refractivity contribution in [3.63, 3.8) is 0 Å². The molecule has 0 atom stereocenters. The quantitative estimate of drug-likeness (QED) is 0.727. The normalized spacial score (nSPS) is 10.7. The monoisotopic (exact) mass is 271 g/mol. The summed E-state index contributed by atoms with van der Waals surface area (Å²) in [6.45, 7) is 2.69. The number of nitrogens with zero attached hydrogens (tertiary/aromatic N) is 8. The van der Waals surface area contributed by atoms with Gasteiger partial charge >= 0.3 is 0 Å². The molecule has 0 aliphatic rings. The molecule has 3 rings (SSSR count). The van der Waals surface area contributed by atoms with Gasteiger partial charge in [-0.25, -0.2) is 9.36 Å². The Labute approximate surface area is 114 Å². The lowest BCUT2D eigenvalue weighted by molar-refractivity contribution is 0.714. The van der Waals surface area contributed by atoms with Gasteiger partial charge in [0.2, 0.25) is 5.95 Å². The van der Waals surface area contributed by atoms with Gasteiger partial charge in [-0.15, -0.1) is 5.10 Å². The van der Waals surface area contributed by atoms with Crippen molar-refractivity contribution in [2.75, 3.05) is 11.9 Å². The summed E-state index contributed by atoms with van der Waals surface area (Å²) in [5, 5.41) is 14.9. The summed E-state index contributed by atoms with van der Waals surface area (Å²) in [7, 11) is 1.78. The molecule has 0 saturated carbocycles. The third-order valence-corrected chi connectivity index (χ3v) is 2.61. The summed E-state index contributed by atoms with van der Waals surface area (Å²) < 4.78 is 3.19. The maximum Gasteiger partial charge on any atom is 0.255 e. The number of rotatable bonds is 4. The molecule has 102 valence electrons. The standard InChI is InChI=1S/C11H13N9/c1-3-12-10-15-9(8-7-13-18-19(8)2)16-11(17-10)20-6-4-5-14-20/h4-7H,3H2,1-2H3,(H,12,15,16,17). The molecule has 0 bridgehead atoms. The Kier molecular flexibility index (Phi) is 3.07. The van der Waals surface area contributed by atoms with Gasteiger partial charge in [-0.2, -0.15) is 20.1 Å². The number of aromatic nitrogens is 8. The topological polar surface area (TPSA) is 99.2 Å². The molecule has 0 aromatic carbocycles. The second-order valence-corrected chi connectivity index (χ2v) is 4.01. The van der Waals surface area contributed by atoms with E-state index in [0.717, 1.165) is 0 Å². The van der Waals surface area contributed by atoms with Gasteiger partial charge in [0.05, 0.1) is 6.20 Å². The van der Waals surface area contributed by atoms with Crippen molar-refractivity contribution in [3.8, 4) is 17.5 Å². The van der Waals surface area contributed by atoms with Gasteiger partial charge in [-0.1, -0.05) is 5.21 Å². The van der Waals surface area contributed by atoms with Crippen molar-refractivity contribution in [3.05, 3.63) is 24.7 Å². The molecule has 0 aliphatic carbocycles. The minimum atomic E-state index is 0.442. The van der Waals surface area contributed by atoms with E-state index in [9.17, 15) is 0 Å². The molecule has 0 radical (unpaired) electrons. The maximum absolute atomic E-state index is 4.40. The van der Waals surface area contributed by atoms with Gasteiger partial charge in [-0.3, -0.25) is 0 Å². The van der Waals surface area contributed by atoms with Gasteiger partial charge < -0.3 is 5.32 Å². The van der Waals surface area contributed by atoms with Crippen molar-refractivity contribution >= 4 is 5.95 Å². The van der Waals surface area contributed by atoms with E-state index in [2.05, 4.69) is 35.7 Å². The van der Waals surface area contributed by atoms with Gasteiger partial charge in [-0.05, 0) is 13.0 Å². The molecule has 0 aliphatic heterocycles.